The van der Waals surface area contributed by atoms with E-state index < -0.39 is 12.7 Å². The molecule has 0 aliphatic heterocycles. The van der Waals surface area contributed by atoms with Crippen LogP contribution in [0.25, 0.3) is 0 Å². The number of carbonyl (C=O) groups is 1. The molecular weight excluding hydrogens is 252 g/mol. The Morgan fingerprint density at radius 1 is 1.79 bits per heavy atom. The number of hydrogen-bond acceptors (Lipinski definition) is 4. The maximum absolute atomic E-state index is 11.3. The molecule has 0 fully saturated rings. The predicted molar refractivity (Wildman–Crippen MR) is 53.2 cm³/mol. The van der Waals surface area contributed by atoms with Gasteiger partial charge in [0.2, 0.25) is 1.43 Å². The molecule has 1 N–H and O–H groups in total. The summed E-state index contributed by atoms with van der Waals surface area (Å²) in [5, 5.41) is 3.75. The number of halogens is 1. The molecule has 0 bridgehead atoms. The molecule has 0 atom stereocenters. The van der Waals surface area contributed by atoms with Gasteiger partial charge in [-0.1, -0.05) is 0 Å². The highest BCUT2D eigenvalue weighted by Gasteiger charge is 2.08. The minimum Gasteiger partial charge on any atom is -0.467 e. The normalized spacial score (nSPS) is 13.7. The SMILES string of the molecule is [2H]OC([2H])([2H])Oc1cc(C(=O)OC)ccc1Br. The second-order valence-corrected chi connectivity index (χ2v) is 3.18. The Morgan fingerprint density at radius 2 is 2.57 bits per heavy atom. The van der Waals surface area contributed by atoms with Crippen molar-refractivity contribution in [2.45, 2.75) is 0 Å². The third-order valence-electron chi connectivity index (χ3n) is 1.50. The lowest BCUT2D eigenvalue weighted by atomic mass is 10.2. The fourth-order valence-corrected chi connectivity index (χ4v) is 1.20. The van der Waals surface area contributed by atoms with Crippen molar-refractivity contribution < 1.29 is 22.1 Å². The van der Waals surface area contributed by atoms with Crippen LogP contribution in [0.4, 0.5) is 0 Å². The highest BCUT2D eigenvalue weighted by atomic mass is 79.9. The van der Waals surface area contributed by atoms with E-state index in [2.05, 4.69) is 25.8 Å². The van der Waals surface area contributed by atoms with E-state index in [0.29, 0.717) is 4.47 Å². The fraction of sp³-hybridized carbons (Fsp3) is 0.222. The number of benzene rings is 1. The highest BCUT2D eigenvalue weighted by molar-refractivity contribution is 9.10. The average Bonchev–Trinajstić information content (AvgIpc) is 2.30. The van der Waals surface area contributed by atoms with Crippen molar-refractivity contribution in [3.05, 3.63) is 28.2 Å². The number of carbonyl (C=O) groups excluding carboxylic acids is 1. The van der Waals surface area contributed by atoms with E-state index >= 15 is 0 Å². The molecule has 1 aromatic rings. The first-order chi connectivity index (χ1) is 7.89. The molecule has 0 saturated heterocycles. The molecule has 0 radical (unpaired) electrons. The van der Waals surface area contributed by atoms with Gasteiger partial charge in [-0.2, -0.15) is 0 Å². The van der Waals surface area contributed by atoms with Crippen molar-refractivity contribution in [3.63, 3.8) is 0 Å². The molecule has 1 rings (SSSR count). The largest absolute Gasteiger partial charge is 0.467 e. The molecule has 0 saturated carbocycles. The summed E-state index contributed by atoms with van der Waals surface area (Å²) in [7, 11) is 1.23. The Hall–Kier alpha value is -1.07. The van der Waals surface area contributed by atoms with Crippen molar-refractivity contribution >= 4 is 21.9 Å². The smallest absolute Gasteiger partial charge is 0.337 e. The van der Waals surface area contributed by atoms with E-state index in [1.54, 1.807) is 0 Å². The van der Waals surface area contributed by atoms with Gasteiger partial charge in [0.05, 0.1) is 17.1 Å². The minimum absolute atomic E-state index is 0.0325. The summed E-state index contributed by atoms with van der Waals surface area (Å²) in [6.45, 7) is -2.60. The van der Waals surface area contributed by atoms with Gasteiger partial charge in [0.15, 0.2) is 6.75 Å². The van der Waals surface area contributed by atoms with Crippen LogP contribution in [0.2, 0.25) is 0 Å². The number of hydrogen-bond donors (Lipinski definition) is 1. The highest BCUT2D eigenvalue weighted by Crippen LogP contribution is 2.26. The van der Waals surface area contributed by atoms with Crippen molar-refractivity contribution in [3.8, 4) is 5.75 Å². The minimum atomic E-state index is -2.60. The maximum Gasteiger partial charge on any atom is 0.337 e. The zero-order chi connectivity index (χ0) is 13.1. The van der Waals surface area contributed by atoms with Crippen molar-refractivity contribution in [1.82, 2.24) is 0 Å². The molecule has 14 heavy (non-hydrogen) atoms. The monoisotopic (exact) mass is 263 g/mol. The van der Waals surface area contributed by atoms with E-state index in [1.165, 1.54) is 25.3 Å². The summed E-state index contributed by atoms with van der Waals surface area (Å²) in [4.78, 5) is 11.3. The first kappa shape index (κ1) is 7.25. The van der Waals surface area contributed by atoms with Gasteiger partial charge in [-0.15, -0.1) is 0 Å². The molecule has 76 valence electrons. The number of methoxy groups -OCH3 is 1. The van der Waals surface area contributed by atoms with Crippen molar-refractivity contribution in [2.75, 3.05) is 13.9 Å². The van der Waals surface area contributed by atoms with Crippen LogP contribution in [0.3, 0.4) is 0 Å². The first-order valence-corrected chi connectivity index (χ1v) is 4.40. The second-order valence-electron chi connectivity index (χ2n) is 2.32. The number of rotatable bonds is 4. The third-order valence-corrected chi connectivity index (χ3v) is 2.16. The molecule has 0 unspecified atom stereocenters. The molecule has 5 heteroatoms. The number of aliphatic hydroxyl groups is 1. The summed E-state index contributed by atoms with van der Waals surface area (Å²) in [5.41, 5.74) is 0.200. The zero-order valence-corrected chi connectivity index (χ0v) is 8.83. The number of ether oxygens (including phenoxy) is 2. The lowest BCUT2D eigenvalue weighted by Gasteiger charge is -2.06. The summed E-state index contributed by atoms with van der Waals surface area (Å²) >= 11 is 3.12. The molecule has 0 aromatic heterocycles. The van der Waals surface area contributed by atoms with Crippen LogP contribution in [-0.4, -0.2) is 26.4 Å². The van der Waals surface area contributed by atoms with Crippen LogP contribution < -0.4 is 4.74 Å². The summed E-state index contributed by atoms with van der Waals surface area (Å²) < 4.78 is 30.5. The van der Waals surface area contributed by atoms with Gasteiger partial charge in [0.25, 0.3) is 0 Å². The van der Waals surface area contributed by atoms with E-state index in [-0.39, 0.29) is 11.3 Å². The Kier molecular flexibility index (Phi) is 2.58. The third kappa shape index (κ3) is 2.46. The van der Waals surface area contributed by atoms with Crippen LogP contribution in [0.15, 0.2) is 22.7 Å². The Balaban J connectivity index is 3.03. The van der Waals surface area contributed by atoms with E-state index in [0.717, 1.165) is 0 Å². The molecule has 0 aliphatic rings. The van der Waals surface area contributed by atoms with Crippen LogP contribution >= 0.6 is 15.9 Å². The fourth-order valence-electron chi connectivity index (χ4n) is 0.871. The summed E-state index contributed by atoms with van der Waals surface area (Å²) in [6, 6.07) is 4.27. The average molecular weight is 264 g/mol. The molecule has 1 aromatic carbocycles. The molecular formula is C9H9BrO4. The van der Waals surface area contributed by atoms with Gasteiger partial charge in [-0.05, 0) is 34.1 Å². The Morgan fingerprint density at radius 3 is 3.21 bits per heavy atom. The van der Waals surface area contributed by atoms with Gasteiger partial charge in [-0.25, -0.2) is 4.79 Å². The van der Waals surface area contributed by atoms with Crippen LogP contribution in [0.1, 0.15) is 13.1 Å². The van der Waals surface area contributed by atoms with Crippen LogP contribution in [0.5, 0.6) is 5.75 Å². The van der Waals surface area contributed by atoms with Gasteiger partial charge in [0, 0.05) is 0 Å². The van der Waals surface area contributed by atoms with Gasteiger partial charge in [-0.3, -0.25) is 0 Å². The maximum atomic E-state index is 11.3. The molecule has 0 heterocycles. The van der Waals surface area contributed by atoms with E-state index in [4.69, 9.17) is 8.91 Å². The second kappa shape index (κ2) is 4.97. The predicted octanol–water partition coefficient (Wildman–Crippen LogP) is 1.56. The number of esters is 1. The standard InChI is InChI=1S/C9H9BrO4/c1-13-9(12)6-2-3-7(10)8(4-6)14-5-11/h2-4,11H,5H2,1H3/i5D2,11D. The van der Waals surface area contributed by atoms with Crippen LogP contribution in [-0.2, 0) is 4.74 Å². The quantitative estimate of drug-likeness (QED) is 0.662. The molecule has 4 nitrogen and oxygen atoms in total. The lowest BCUT2D eigenvalue weighted by molar-refractivity contribution is 0.0598. The molecule has 0 aliphatic carbocycles. The van der Waals surface area contributed by atoms with Crippen LogP contribution in [0, 0.1) is 0 Å². The Labute approximate surface area is 93.9 Å². The van der Waals surface area contributed by atoms with Crippen molar-refractivity contribution in [1.29, 1.82) is 1.43 Å². The molecule has 0 spiro atoms. The van der Waals surface area contributed by atoms with Crippen molar-refractivity contribution in [2.24, 2.45) is 0 Å². The summed E-state index contributed by atoms with van der Waals surface area (Å²) in [6.07, 6.45) is 0. The van der Waals surface area contributed by atoms with Gasteiger partial charge < -0.3 is 14.6 Å². The molecule has 0 amide bonds. The van der Waals surface area contributed by atoms with E-state index in [9.17, 15) is 4.79 Å². The van der Waals surface area contributed by atoms with Gasteiger partial charge in [0.1, 0.15) is 8.49 Å². The lowest BCUT2D eigenvalue weighted by Crippen LogP contribution is -2.02. The van der Waals surface area contributed by atoms with Gasteiger partial charge >= 0.3 is 5.97 Å². The Bertz CT molecular complexity index is 425. The zero-order valence-electron chi connectivity index (χ0n) is 10.2. The first-order valence-electron chi connectivity index (χ1n) is 5.01. The van der Waals surface area contributed by atoms with E-state index in [1.807, 2.05) is 0 Å². The summed E-state index contributed by atoms with van der Waals surface area (Å²) in [5.74, 6) is -0.542. The topological polar surface area (TPSA) is 55.8 Å².